The van der Waals surface area contributed by atoms with Gasteiger partial charge >= 0.3 is 0 Å². The Kier molecular flexibility index (Phi) is 1.17. The van der Waals surface area contributed by atoms with Crippen LogP contribution in [0.15, 0.2) is 5.29 Å². The van der Waals surface area contributed by atoms with Crippen molar-refractivity contribution in [2.45, 2.75) is 18.4 Å². The molecule has 56 valence electrons. The van der Waals surface area contributed by atoms with Gasteiger partial charge in [0.05, 0.1) is 30.6 Å². The Morgan fingerprint density at radius 1 is 1.50 bits per heavy atom. The van der Waals surface area contributed by atoms with Crippen LogP contribution in [-0.4, -0.2) is 30.3 Å². The van der Waals surface area contributed by atoms with Crippen LogP contribution in [0.25, 0.3) is 0 Å². The lowest BCUT2D eigenvalue weighted by Crippen LogP contribution is -2.40. The molecule has 2 fully saturated rings. The topological polar surface area (TPSA) is 41.9 Å². The number of hydrogen-bond acceptors (Lipinski definition) is 3. The van der Waals surface area contributed by atoms with Crippen molar-refractivity contribution >= 4 is 0 Å². The zero-order valence-corrected chi connectivity index (χ0v) is 5.75. The van der Waals surface area contributed by atoms with Gasteiger partial charge in [-0.05, 0) is 12.8 Å². The SMILES string of the molecule is O=NN1CCOC2(CC2)C1. The van der Waals surface area contributed by atoms with Gasteiger partial charge < -0.3 is 4.74 Å². The second kappa shape index (κ2) is 1.92. The van der Waals surface area contributed by atoms with Crippen LogP contribution in [0.2, 0.25) is 0 Å². The molecule has 2 rings (SSSR count). The summed E-state index contributed by atoms with van der Waals surface area (Å²) in [5.41, 5.74) is 0.0339. The van der Waals surface area contributed by atoms with Crippen LogP contribution < -0.4 is 0 Å². The van der Waals surface area contributed by atoms with Crippen LogP contribution >= 0.6 is 0 Å². The van der Waals surface area contributed by atoms with Crippen LogP contribution in [0.3, 0.4) is 0 Å². The molecule has 0 N–H and O–H groups in total. The molecule has 0 aromatic heterocycles. The highest BCUT2D eigenvalue weighted by Gasteiger charge is 2.47. The van der Waals surface area contributed by atoms with Crippen molar-refractivity contribution in [1.29, 1.82) is 0 Å². The number of nitrogens with zero attached hydrogens (tertiary/aromatic N) is 2. The molecule has 0 amide bonds. The summed E-state index contributed by atoms with van der Waals surface area (Å²) in [4.78, 5) is 10.1. The Morgan fingerprint density at radius 2 is 2.30 bits per heavy atom. The first-order valence-electron chi connectivity index (χ1n) is 3.57. The van der Waals surface area contributed by atoms with Crippen molar-refractivity contribution in [3.8, 4) is 0 Å². The number of morpholine rings is 1. The molecule has 1 saturated carbocycles. The van der Waals surface area contributed by atoms with Crippen LogP contribution in [0.5, 0.6) is 0 Å². The quantitative estimate of drug-likeness (QED) is 0.501. The fourth-order valence-electron chi connectivity index (χ4n) is 1.34. The zero-order valence-electron chi connectivity index (χ0n) is 5.75. The summed E-state index contributed by atoms with van der Waals surface area (Å²) in [7, 11) is 0. The Labute approximate surface area is 59.1 Å². The van der Waals surface area contributed by atoms with E-state index in [-0.39, 0.29) is 5.60 Å². The Balaban J connectivity index is 1.97. The molecule has 0 unspecified atom stereocenters. The average molecular weight is 142 g/mol. The van der Waals surface area contributed by atoms with E-state index in [0.29, 0.717) is 19.7 Å². The molecule has 0 bridgehead atoms. The highest BCUT2D eigenvalue weighted by Crippen LogP contribution is 2.41. The average Bonchev–Trinajstić information content (AvgIpc) is 2.70. The molecule has 10 heavy (non-hydrogen) atoms. The summed E-state index contributed by atoms with van der Waals surface area (Å²) in [6.45, 7) is 2.02. The molecule has 1 aliphatic heterocycles. The smallest absolute Gasteiger partial charge is 0.0877 e. The van der Waals surface area contributed by atoms with Crippen LogP contribution in [0, 0.1) is 4.91 Å². The van der Waals surface area contributed by atoms with Gasteiger partial charge in [0.2, 0.25) is 0 Å². The first-order chi connectivity index (χ1) is 4.85. The van der Waals surface area contributed by atoms with Crippen molar-refractivity contribution < 1.29 is 4.74 Å². The zero-order chi connectivity index (χ0) is 7.03. The third-order valence-electron chi connectivity index (χ3n) is 2.15. The molecule has 1 aliphatic carbocycles. The highest BCUT2D eigenvalue weighted by atomic mass is 16.5. The van der Waals surface area contributed by atoms with Crippen LogP contribution in [0.1, 0.15) is 12.8 Å². The minimum atomic E-state index is 0.0339. The van der Waals surface area contributed by atoms with Gasteiger partial charge in [0.1, 0.15) is 0 Å². The van der Waals surface area contributed by atoms with Crippen molar-refractivity contribution in [3.63, 3.8) is 0 Å². The van der Waals surface area contributed by atoms with Crippen molar-refractivity contribution in [2.24, 2.45) is 5.29 Å². The molecule has 1 spiro atoms. The third kappa shape index (κ3) is 0.883. The van der Waals surface area contributed by atoms with E-state index in [9.17, 15) is 4.91 Å². The van der Waals surface area contributed by atoms with E-state index in [1.54, 1.807) is 5.01 Å². The number of hydrogen-bond donors (Lipinski definition) is 0. The lowest BCUT2D eigenvalue weighted by molar-refractivity contribution is -0.0459. The van der Waals surface area contributed by atoms with Gasteiger partial charge in [0.15, 0.2) is 0 Å². The summed E-state index contributed by atoms with van der Waals surface area (Å²) in [6, 6.07) is 0. The van der Waals surface area contributed by atoms with Gasteiger partial charge in [0.25, 0.3) is 0 Å². The monoisotopic (exact) mass is 142 g/mol. The molecular weight excluding hydrogens is 132 g/mol. The summed E-state index contributed by atoms with van der Waals surface area (Å²) < 4.78 is 5.47. The number of rotatable bonds is 1. The normalized spacial score (nSPS) is 28.6. The second-order valence-corrected chi connectivity index (χ2v) is 3.00. The summed E-state index contributed by atoms with van der Waals surface area (Å²) >= 11 is 0. The predicted octanol–water partition coefficient (Wildman–Crippen LogP) is 0.533. The second-order valence-electron chi connectivity index (χ2n) is 3.00. The minimum absolute atomic E-state index is 0.0339. The maximum absolute atomic E-state index is 10.1. The molecule has 1 heterocycles. The van der Waals surface area contributed by atoms with E-state index in [2.05, 4.69) is 5.29 Å². The van der Waals surface area contributed by atoms with Crippen molar-refractivity contribution in [3.05, 3.63) is 4.91 Å². The summed E-state index contributed by atoms with van der Waals surface area (Å²) in [6.07, 6.45) is 2.19. The fraction of sp³-hybridized carbons (Fsp3) is 1.00. The van der Waals surface area contributed by atoms with Gasteiger partial charge in [-0.1, -0.05) is 0 Å². The van der Waals surface area contributed by atoms with Crippen molar-refractivity contribution in [1.82, 2.24) is 5.01 Å². The van der Waals surface area contributed by atoms with E-state index in [4.69, 9.17) is 4.74 Å². The molecule has 0 aromatic carbocycles. The maximum atomic E-state index is 10.1. The molecule has 0 aromatic rings. The van der Waals surface area contributed by atoms with E-state index in [1.165, 1.54) is 0 Å². The lowest BCUT2D eigenvalue weighted by atomic mass is 10.3. The lowest BCUT2D eigenvalue weighted by Gasteiger charge is -2.28. The summed E-state index contributed by atoms with van der Waals surface area (Å²) in [5.74, 6) is 0. The number of ether oxygens (including phenoxy) is 1. The molecule has 2 aliphatic rings. The third-order valence-corrected chi connectivity index (χ3v) is 2.15. The maximum Gasteiger partial charge on any atom is 0.0877 e. The van der Waals surface area contributed by atoms with E-state index < -0.39 is 0 Å². The first kappa shape index (κ1) is 6.09. The van der Waals surface area contributed by atoms with E-state index in [0.717, 1.165) is 12.8 Å². The standard InChI is InChI=1S/C6H10N2O2/c9-7-8-3-4-10-6(5-8)1-2-6/h1-5H2. The van der Waals surface area contributed by atoms with Gasteiger partial charge in [-0.3, -0.25) is 5.01 Å². The largest absolute Gasteiger partial charge is 0.371 e. The van der Waals surface area contributed by atoms with Crippen LogP contribution in [0.4, 0.5) is 0 Å². The Bertz CT molecular complexity index is 156. The molecule has 4 heteroatoms. The molecular formula is C6H10N2O2. The molecule has 1 saturated heterocycles. The number of nitroso groups, excluding NO2 is 1. The van der Waals surface area contributed by atoms with Gasteiger partial charge in [0, 0.05) is 0 Å². The highest BCUT2D eigenvalue weighted by molar-refractivity contribution is 4.99. The van der Waals surface area contributed by atoms with Gasteiger partial charge in [-0.15, -0.1) is 4.91 Å². The molecule has 0 radical (unpaired) electrons. The van der Waals surface area contributed by atoms with Gasteiger partial charge in [-0.2, -0.15) is 0 Å². The fourth-order valence-corrected chi connectivity index (χ4v) is 1.34. The van der Waals surface area contributed by atoms with Crippen LogP contribution in [-0.2, 0) is 4.74 Å². The Hall–Kier alpha value is -0.640. The van der Waals surface area contributed by atoms with E-state index >= 15 is 0 Å². The van der Waals surface area contributed by atoms with Crippen molar-refractivity contribution in [2.75, 3.05) is 19.7 Å². The van der Waals surface area contributed by atoms with Gasteiger partial charge in [-0.25, -0.2) is 0 Å². The molecule has 4 nitrogen and oxygen atoms in total. The predicted molar refractivity (Wildman–Crippen MR) is 35.3 cm³/mol. The van der Waals surface area contributed by atoms with E-state index in [1.807, 2.05) is 0 Å². The minimum Gasteiger partial charge on any atom is -0.371 e. The Morgan fingerprint density at radius 3 is 2.90 bits per heavy atom. The summed E-state index contributed by atoms with van der Waals surface area (Å²) in [5, 5.41) is 4.44. The molecule has 0 atom stereocenters. The first-order valence-corrected chi connectivity index (χ1v) is 3.57.